The molecule has 1 atom stereocenters. The van der Waals surface area contributed by atoms with Crippen molar-refractivity contribution in [1.82, 2.24) is 0 Å². The number of esters is 1. The standard InChI is InChI=1S/C27H32N2O6/c1-27(2)13-18-24(20(30)14-27)25(16-11-21(32-3)26(35-6)22(12-16)33-4)29(15-23(31)34-5)19-10-8-7-9-17(19)28-18/h7-12,25,28H,13-15H2,1-6H3/t25-/m1/s1. The maximum Gasteiger partial charge on any atom is 0.325 e. The van der Waals surface area contributed by atoms with Crippen LogP contribution in [0.1, 0.15) is 38.3 Å². The van der Waals surface area contributed by atoms with Crippen LogP contribution in [0, 0.1) is 5.41 Å². The van der Waals surface area contributed by atoms with Crippen molar-refractivity contribution in [2.24, 2.45) is 5.41 Å². The van der Waals surface area contributed by atoms with Gasteiger partial charge in [-0.05, 0) is 41.7 Å². The lowest BCUT2D eigenvalue weighted by atomic mass is 9.73. The average molecular weight is 481 g/mol. The van der Waals surface area contributed by atoms with Crippen LogP contribution in [-0.2, 0) is 14.3 Å². The van der Waals surface area contributed by atoms with Crippen LogP contribution in [0.2, 0.25) is 0 Å². The molecule has 0 fully saturated rings. The highest BCUT2D eigenvalue weighted by atomic mass is 16.5. The fourth-order valence-electron chi connectivity index (χ4n) is 5.04. The SMILES string of the molecule is COC(=O)CN1c2ccccc2NC2=C(C(=O)CC(C)(C)C2)[C@H]1c1cc(OC)c(OC)c(OC)c1. The first-order valence-corrected chi connectivity index (χ1v) is 11.5. The number of Topliss-reactive ketones (excluding diaryl/α,β-unsaturated/α-hetero) is 1. The molecular weight excluding hydrogens is 448 g/mol. The van der Waals surface area contributed by atoms with Crippen LogP contribution < -0.4 is 24.4 Å². The van der Waals surface area contributed by atoms with Crippen LogP contribution in [0.4, 0.5) is 11.4 Å². The molecule has 0 saturated carbocycles. The van der Waals surface area contributed by atoms with Gasteiger partial charge < -0.3 is 29.2 Å². The summed E-state index contributed by atoms with van der Waals surface area (Å²) in [5.74, 6) is 1.01. The Balaban J connectivity index is 2.03. The minimum Gasteiger partial charge on any atom is -0.493 e. The highest BCUT2D eigenvalue weighted by Gasteiger charge is 2.42. The molecule has 8 heteroatoms. The molecule has 0 aromatic heterocycles. The van der Waals surface area contributed by atoms with Crippen molar-refractivity contribution in [2.75, 3.05) is 45.2 Å². The number of anilines is 2. The Labute approximate surface area is 205 Å². The van der Waals surface area contributed by atoms with Crippen molar-refractivity contribution in [1.29, 1.82) is 0 Å². The topological polar surface area (TPSA) is 86.3 Å². The van der Waals surface area contributed by atoms with E-state index in [1.54, 1.807) is 21.3 Å². The molecule has 8 nitrogen and oxygen atoms in total. The molecule has 2 aromatic carbocycles. The predicted molar refractivity (Wildman–Crippen MR) is 133 cm³/mol. The molecule has 1 heterocycles. The van der Waals surface area contributed by atoms with Crippen molar-refractivity contribution >= 4 is 23.1 Å². The first kappa shape index (κ1) is 24.4. The van der Waals surface area contributed by atoms with Gasteiger partial charge in [0.1, 0.15) is 6.54 Å². The molecule has 1 aliphatic heterocycles. The number of hydrogen-bond donors (Lipinski definition) is 1. The van der Waals surface area contributed by atoms with Gasteiger partial charge in [0, 0.05) is 17.7 Å². The van der Waals surface area contributed by atoms with Gasteiger partial charge in [0.2, 0.25) is 5.75 Å². The number of hydrogen-bond acceptors (Lipinski definition) is 8. The van der Waals surface area contributed by atoms with Crippen molar-refractivity contribution in [3.8, 4) is 17.2 Å². The molecule has 186 valence electrons. The second-order valence-electron chi connectivity index (χ2n) is 9.54. The van der Waals surface area contributed by atoms with Crippen molar-refractivity contribution < 1.29 is 28.5 Å². The van der Waals surface area contributed by atoms with Gasteiger partial charge >= 0.3 is 5.97 Å². The fourth-order valence-corrected chi connectivity index (χ4v) is 5.04. The van der Waals surface area contributed by atoms with E-state index in [-0.39, 0.29) is 17.7 Å². The lowest BCUT2D eigenvalue weighted by Crippen LogP contribution is -2.39. The van der Waals surface area contributed by atoms with E-state index in [2.05, 4.69) is 19.2 Å². The normalized spacial score (nSPS) is 18.6. The van der Waals surface area contributed by atoms with Crippen LogP contribution in [-0.4, -0.2) is 46.7 Å². The molecule has 1 aliphatic carbocycles. The summed E-state index contributed by atoms with van der Waals surface area (Å²) < 4.78 is 21.8. The highest BCUT2D eigenvalue weighted by Crippen LogP contribution is 2.50. The quantitative estimate of drug-likeness (QED) is 0.605. The molecule has 0 saturated heterocycles. The molecule has 0 amide bonds. The summed E-state index contributed by atoms with van der Waals surface area (Å²) in [6, 6.07) is 10.8. The van der Waals surface area contributed by atoms with Crippen molar-refractivity contribution in [2.45, 2.75) is 32.7 Å². The predicted octanol–water partition coefficient (Wildman–Crippen LogP) is 4.50. The second kappa shape index (κ2) is 9.52. The van der Waals surface area contributed by atoms with Crippen LogP contribution >= 0.6 is 0 Å². The number of ether oxygens (including phenoxy) is 4. The third-order valence-corrected chi connectivity index (χ3v) is 6.53. The summed E-state index contributed by atoms with van der Waals surface area (Å²) in [5.41, 5.74) is 3.63. The number of carbonyl (C=O) groups excluding carboxylic acids is 2. The van der Waals surface area contributed by atoms with E-state index in [0.717, 1.165) is 22.6 Å². The van der Waals surface area contributed by atoms with E-state index in [9.17, 15) is 9.59 Å². The number of methoxy groups -OCH3 is 4. The number of fused-ring (bicyclic) bond motifs is 1. The van der Waals surface area contributed by atoms with E-state index in [4.69, 9.17) is 18.9 Å². The molecular formula is C27H32N2O6. The Morgan fingerprint density at radius 2 is 1.69 bits per heavy atom. The highest BCUT2D eigenvalue weighted by molar-refractivity contribution is 6.01. The molecule has 4 rings (SSSR count). The van der Waals surface area contributed by atoms with Gasteiger partial charge in [0.25, 0.3) is 0 Å². The maximum atomic E-state index is 13.7. The van der Waals surface area contributed by atoms with E-state index in [0.29, 0.717) is 35.7 Å². The van der Waals surface area contributed by atoms with E-state index < -0.39 is 12.0 Å². The summed E-state index contributed by atoms with van der Waals surface area (Å²) in [6.45, 7) is 4.13. The fraction of sp³-hybridized carbons (Fsp3) is 0.407. The number of carbonyl (C=O) groups is 2. The number of para-hydroxylation sites is 2. The van der Waals surface area contributed by atoms with E-state index in [1.807, 2.05) is 41.3 Å². The van der Waals surface area contributed by atoms with Gasteiger partial charge in [-0.3, -0.25) is 9.59 Å². The second-order valence-corrected chi connectivity index (χ2v) is 9.54. The molecule has 0 spiro atoms. The van der Waals surface area contributed by atoms with Crippen molar-refractivity contribution in [3.63, 3.8) is 0 Å². The van der Waals surface area contributed by atoms with Crippen LogP contribution in [0.25, 0.3) is 0 Å². The number of benzene rings is 2. The Bertz CT molecular complexity index is 1160. The van der Waals surface area contributed by atoms with Crippen LogP contribution in [0.15, 0.2) is 47.7 Å². The summed E-state index contributed by atoms with van der Waals surface area (Å²) in [7, 11) is 6.01. The van der Waals surface area contributed by atoms with Gasteiger partial charge in [0.15, 0.2) is 17.3 Å². The Morgan fingerprint density at radius 3 is 2.29 bits per heavy atom. The van der Waals surface area contributed by atoms with Crippen LogP contribution in [0.3, 0.4) is 0 Å². The first-order chi connectivity index (χ1) is 16.7. The average Bonchev–Trinajstić information content (AvgIpc) is 2.96. The minimum atomic E-state index is -0.586. The number of allylic oxidation sites excluding steroid dienone is 1. The molecule has 2 aromatic rings. The zero-order chi connectivity index (χ0) is 25.3. The zero-order valence-corrected chi connectivity index (χ0v) is 21.1. The maximum absolute atomic E-state index is 13.7. The smallest absolute Gasteiger partial charge is 0.325 e. The molecule has 35 heavy (non-hydrogen) atoms. The Hall–Kier alpha value is -3.68. The summed E-state index contributed by atoms with van der Waals surface area (Å²) in [4.78, 5) is 28.3. The first-order valence-electron chi connectivity index (χ1n) is 11.5. The van der Waals surface area contributed by atoms with Crippen LogP contribution in [0.5, 0.6) is 17.2 Å². The monoisotopic (exact) mass is 480 g/mol. The lowest BCUT2D eigenvalue weighted by Gasteiger charge is -2.37. The number of ketones is 1. The molecule has 2 aliphatic rings. The molecule has 0 radical (unpaired) electrons. The third-order valence-electron chi connectivity index (χ3n) is 6.53. The van der Waals surface area contributed by atoms with Crippen molar-refractivity contribution in [3.05, 3.63) is 53.2 Å². The van der Waals surface area contributed by atoms with Gasteiger partial charge in [0.05, 0.1) is 45.9 Å². The summed E-state index contributed by atoms with van der Waals surface area (Å²) in [6.07, 6.45) is 1.09. The van der Waals surface area contributed by atoms with E-state index >= 15 is 0 Å². The van der Waals surface area contributed by atoms with E-state index in [1.165, 1.54) is 7.11 Å². The van der Waals surface area contributed by atoms with Gasteiger partial charge in [-0.25, -0.2) is 0 Å². The molecule has 1 N–H and O–H groups in total. The Kier molecular flexibility index (Phi) is 6.65. The molecule has 0 bridgehead atoms. The van der Waals surface area contributed by atoms with Gasteiger partial charge in [-0.2, -0.15) is 0 Å². The lowest BCUT2D eigenvalue weighted by molar-refractivity contribution is -0.139. The number of nitrogens with one attached hydrogen (secondary N) is 1. The zero-order valence-electron chi connectivity index (χ0n) is 21.1. The molecule has 0 unspecified atom stereocenters. The van der Waals surface area contributed by atoms with Gasteiger partial charge in [-0.1, -0.05) is 26.0 Å². The number of nitrogens with zero attached hydrogens (tertiary/aromatic N) is 1. The third kappa shape index (κ3) is 4.52. The Morgan fingerprint density at radius 1 is 1.03 bits per heavy atom. The summed E-state index contributed by atoms with van der Waals surface area (Å²) in [5, 5.41) is 3.53. The largest absolute Gasteiger partial charge is 0.493 e. The van der Waals surface area contributed by atoms with Gasteiger partial charge in [-0.15, -0.1) is 0 Å². The number of rotatable bonds is 6. The summed E-state index contributed by atoms with van der Waals surface area (Å²) >= 11 is 0. The minimum absolute atomic E-state index is 0.0326.